The second-order valence-corrected chi connectivity index (χ2v) is 2.27. The Morgan fingerprint density at radius 2 is 2.00 bits per heavy atom. The molecule has 11 heavy (non-hydrogen) atoms. The van der Waals surface area contributed by atoms with E-state index in [2.05, 4.69) is 17.4 Å². The molecule has 0 radical (unpaired) electrons. The van der Waals surface area contributed by atoms with Crippen molar-refractivity contribution in [3.63, 3.8) is 0 Å². The van der Waals surface area contributed by atoms with Crippen LogP contribution in [0.1, 0.15) is 5.56 Å². The topological polar surface area (TPSA) is 35.8 Å². The van der Waals surface area contributed by atoms with Gasteiger partial charge in [0.25, 0.3) is 0 Å². The van der Waals surface area contributed by atoms with Crippen molar-refractivity contribution in [2.45, 2.75) is 6.42 Å². The first-order chi connectivity index (χ1) is 5.43. The minimum Gasteiger partial charge on any atom is -0.324 e. The molecule has 0 saturated heterocycles. The highest BCUT2D eigenvalue weighted by Gasteiger charge is 1.88. The van der Waals surface area contributed by atoms with E-state index in [0.717, 1.165) is 13.0 Å². The second-order valence-electron chi connectivity index (χ2n) is 2.27. The van der Waals surface area contributed by atoms with E-state index < -0.39 is 0 Å². The average Bonchev–Trinajstić information content (AvgIpc) is 2.07. The zero-order valence-corrected chi connectivity index (χ0v) is 6.25. The van der Waals surface area contributed by atoms with E-state index in [1.54, 1.807) is 0 Å². The lowest BCUT2D eigenvalue weighted by atomic mass is 10.1. The molecule has 0 spiro atoms. The minimum atomic E-state index is 0.723. The van der Waals surface area contributed by atoms with Crippen molar-refractivity contribution in [2.75, 3.05) is 6.54 Å². The molecule has 1 aromatic rings. The highest BCUT2D eigenvalue weighted by Crippen LogP contribution is 1.97. The Labute approximate surface area is 66.5 Å². The van der Waals surface area contributed by atoms with Crippen LogP contribution in [0.25, 0.3) is 0 Å². The molecule has 2 nitrogen and oxygen atoms in total. The van der Waals surface area contributed by atoms with Crippen molar-refractivity contribution in [2.24, 2.45) is 0 Å². The van der Waals surface area contributed by atoms with Gasteiger partial charge in [-0.15, -0.1) is 0 Å². The van der Waals surface area contributed by atoms with Crippen molar-refractivity contribution in [1.82, 2.24) is 5.32 Å². The molecule has 0 aliphatic carbocycles. The highest BCUT2D eigenvalue weighted by atomic mass is 14.7. The fourth-order valence-electron chi connectivity index (χ4n) is 0.907. The third-order valence-electron chi connectivity index (χ3n) is 1.46. The molecule has 56 valence electrons. The van der Waals surface area contributed by atoms with Crippen LogP contribution < -0.4 is 5.32 Å². The maximum Gasteiger partial charge on any atom is 0.176 e. The lowest BCUT2D eigenvalue weighted by Gasteiger charge is -1.97. The molecule has 0 aliphatic heterocycles. The third-order valence-corrected chi connectivity index (χ3v) is 1.46. The fourth-order valence-corrected chi connectivity index (χ4v) is 0.907. The van der Waals surface area contributed by atoms with Gasteiger partial charge in [-0.2, -0.15) is 5.26 Å². The molecule has 0 atom stereocenters. The van der Waals surface area contributed by atoms with Crippen LogP contribution in [0.4, 0.5) is 0 Å². The molecule has 1 rings (SSSR count). The number of benzene rings is 1. The summed E-state index contributed by atoms with van der Waals surface area (Å²) in [5.74, 6) is 0. The van der Waals surface area contributed by atoms with Crippen LogP contribution in [0, 0.1) is 11.5 Å². The van der Waals surface area contributed by atoms with Crippen LogP contribution in [-0.2, 0) is 6.42 Å². The summed E-state index contributed by atoms with van der Waals surface area (Å²) in [6.07, 6.45) is 2.80. The number of hydrogen-bond donors (Lipinski definition) is 1. The minimum absolute atomic E-state index is 0.723. The molecule has 1 aromatic carbocycles. The van der Waals surface area contributed by atoms with Gasteiger partial charge in [0.2, 0.25) is 0 Å². The zero-order chi connectivity index (χ0) is 7.94. The lowest BCUT2D eigenvalue weighted by Crippen LogP contribution is -2.09. The molecule has 0 aliphatic rings. The summed E-state index contributed by atoms with van der Waals surface area (Å²) < 4.78 is 0. The first kappa shape index (κ1) is 7.62. The SMILES string of the molecule is N#[11C]NCCc1ccccc1. The zero-order valence-electron chi connectivity index (χ0n) is 6.25. The normalized spacial score (nSPS) is 8.64. The Bertz CT molecular complexity index is 235. The number of nitrogens with zero attached hydrogens (tertiary/aromatic N) is 1. The number of nitrogens with one attached hydrogen (secondary N) is 1. The summed E-state index contributed by atoms with van der Waals surface area (Å²) in [4.78, 5) is 0. The monoisotopic (exact) mass is 145 g/mol. The Hall–Kier alpha value is -1.49. The first-order valence-corrected chi connectivity index (χ1v) is 3.59. The summed E-state index contributed by atoms with van der Waals surface area (Å²) in [6.45, 7) is 0.723. The molecule has 0 unspecified atom stereocenters. The summed E-state index contributed by atoms with van der Waals surface area (Å²) in [7, 11) is 0. The maximum atomic E-state index is 8.18. The van der Waals surface area contributed by atoms with Crippen molar-refractivity contribution < 1.29 is 0 Å². The Morgan fingerprint density at radius 3 is 2.64 bits per heavy atom. The largest absolute Gasteiger partial charge is 0.324 e. The molecule has 0 amide bonds. The van der Waals surface area contributed by atoms with Crippen LogP contribution in [0.5, 0.6) is 0 Å². The summed E-state index contributed by atoms with van der Waals surface area (Å²) in [5, 5.41) is 10.8. The standard InChI is InChI=1S/C9H10N2/c10-8-11-7-6-9-4-2-1-3-5-9/h1-5,11H,6-7H2/i8-1. The van der Waals surface area contributed by atoms with E-state index in [9.17, 15) is 0 Å². The van der Waals surface area contributed by atoms with Crippen molar-refractivity contribution >= 4 is 0 Å². The van der Waals surface area contributed by atoms with Crippen LogP contribution in [-0.4, -0.2) is 6.54 Å². The Morgan fingerprint density at radius 1 is 1.27 bits per heavy atom. The highest BCUT2D eigenvalue weighted by molar-refractivity contribution is 5.14. The van der Waals surface area contributed by atoms with Gasteiger partial charge >= 0.3 is 0 Å². The van der Waals surface area contributed by atoms with Gasteiger partial charge in [0, 0.05) is 6.54 Å². The molecular weight excluding hydrogens is 135 g/mol. The molecule has 2 heteroatoms. The van der Waals surface area contributed by atoms with E-state index in [1.165, 1.54) is 5.56 Å². The smallest absolute Gasteiger partial charge is 0.176 e. The van der Waals surface area contributed by atoms with E-state index in [0.29, 0.717) is 0 Å². The van der Waals surface area contributed by atoms with Gasteiger partial charge in [0.05, 0.1) is 0 Å². The number of nitriles is 1. The molecule has 0 heterocycles. The molecule has 0 fully saturated rings. The second kappa shape index (κ2) is 4.35. The van der Waals surface area contributed by atoms with Gasteiger partial charge in [-0.25, -0.2) is 0 Å². The van der Waals surface area contributed by atoms with E-state index >= 15 is 0 Å². The Balaban J connectivity index is 2.35. The predicted molar refractivity (Wildman–Crippen MR) is 43.8 cm³/mol. The van der Waals surface area contributed by atoms with Crippen LogP contribution in [0.3, 0.4) is 0 Å². The van der Waals surface area contributed by atoms with Gasteiger partial charge in [0.15, 0.2) is 6.19 Å². The predicted octanol–water partition coefficient (Wildman–Crippen LogP) is 1.30. The first-order valence-electron chi connectivity index (χ1n) is 3.59. The van der Waals surface area contributed by atoms with Crippen LogP contribution >= 0.6 is 0 Å². The van der Waals surface area contributed by atoms with E-state index in [1.807, 2.05) is 24.4 Å². The molecule has 0 bridgehead atoms. The molecule has 1 N–H and O–H groups in total. The quantitative estimate of drug-likeness (QED) is 0.395. The van der Waals surface area contributed by atoms with Crippen molar-refractivity contribution in [1.29, 1.82) is 5.26 Å². The molecule has 0 saturated carbocycles. The van der Waals surface area contributed by atoms with Gasteiger partial charge in [-0.1, -0.05) is 30.3 Å². The van der Waals surface area contributed by atoms with E-state index in [-0.39, 0.29) is 0 Å². The number of hydrogen-bond acceptors (Lipinski definition) is 2. The molecular formula is C9H10N2. The number of rotatable bonds is 3. The lowest BCUT2D eigenvalue weighted by molar-refractivity contribution is 0.844. The third kappa shape index (κ3) is 2.72. The van der Waals surface area contributed by atoms with Gasteiger partial charge < -0.3 is 5.32 Å². The van der Waals surface area contributed by atoms with Crippen LogP contribution in [0.2, 0.25) is 0 Å². The summed E-state index contributed by atoms with van der Waals surface area (Å²) >= 11 is 0. The van der Waals surface area contributed by atoms with Crippen LogP contribution in [0.15, 0.2) is 30.3 Å². The van der Waals surface area contributed by atoms with E-state index in [4.69, 9.17) is 5.26 Å². The molecule has 0 aromatic heterocycles. The summed E-state index contributed by atoms with van der Waals surface area (Å²) in [6, 6.07) is 10.1. The van der Waals surface area contributed by atoms with Crippen molar-refractivity contribution in [3.8, 4) is 6.19 Å². The van der Waals surface area contributed by atoms with Gasteiger partial charge in [-0.05, 0) is 12.0 Å². The average molecular weight is 145 g/mol. The Kier molecular flexibility index (Phi) is 3.01. The van der Waals surface area contributed by atoms with Gasteiger partial charge in [0.1, 0.15) is 0 Å². The summed E-state index contributed by atoms with van der Waals surface area (Å²) in [5.41, 5.74) is 1.26. The fraction of sp³-hybridized carbons (Fsp3) is 0.222. The van der Waals surface area contributed by atoms with Gasteiger partial charge in [-0.3, -0.25) is 0 Å². The maximum absolute atomic E-state index is 8.18. The van der Waals surface area contributed by atoms with Crippen molar-refractivity contribution in [3.05, 3.63) is 35.9 Å².